The number of halogens is 1. The minimum Gasteiger partial charge on any atom is -0.469 e. The van der Waals surface area contributed by atoms with Crippen LogP contribution in [0, 0.1) is 0 Å². The van der Waals surface area contributed by atoms with Crippen molar-refractivity contribution in [1.82, 2.24) is 20.4 Å². The number of aromatic nitrogens is 2. The number of hydrogen-bond donors (Lipinski definition) is 2. The maximum absolute atomic E-state index is 5.39. The molecule has 7 heteroatoms. The van der Waals surface area contributed by atoms with Crippen molar-refractivity contribution in [3.8, 4) is 0 Å². The zero-order chi connectivity index (χ0) is 18.2. The highest BCUT2D eigenvalue weighted by atomic mass is 127. The summed E-state index contributed by atoms with van der Waals surface area (Å²) in [5.74, 6) is 1.82. The third-order valence-electron chi connectivity index (χ3n) is 5.00. The average Bonchev–Trinajstić information content (AvgIpc) is 3.41. The third-order valence-corrected chi connectivity index (χ3v) is 5.00. The summed E-state index contributed by atoms with van der Waals surface area (Å²) in [5, 5.41) is 11.6. The molecule has 3 rings (SSSR count). The summed E-state index contributed by atoms with van der Waals surface area (Å²) in [4.78, 5) is 4.73. The van der Waals surface area contributed by atoms with E-state index in [2.05, 4.69) is 41.4 Å². The molecule has 2 heterocycles. The second-order valence-electron chi connectivity index (χ2n) is 7.10. The smallest absolute Gasteiger partial charge is 0.191 e. The number of hydrogen-bond acceptors (Lipinski definition) is 3. The Morgan fingerprint density at radius 1 is 1.37 bits per heavy atom. The Morgan fingerprint density at radius 2 is 2.19 bits per heavy atom. The Balaban J connectivity index is 0.00000261. The van der Waals surface area contributed by atoms with Gasteiger partial charge in [-0.05, 0) is 44.4 Å². The van der Waals surface area contributed by atoms with E-state index in [1.807, 2.05) is 12.1 Å². The first-order valence-corrected chi connectivity index (χ1v) is 9.86. The molecule has 0 aliphatic heterocycles. The summed E-state index contributed by atoms with van der Waals surface area (Å²) in [6, 6.07) is 6.96. The van der Waals surface area contributed by atoms with Gasteiger partial charge in [-0.15, -0.1) is 24.0 Å². The van der Waals surface area contributed by atoms with Crippen LogP contribution >= 0.6 is 24.0 Å². The maximum Gasteiger partial charge on any atom is 0.191 e. The lowest BCUT2D eigenvalue weighted by molar-refractivity contribution is 0.463. The van der Waals surface area contributed by atoms with Crippen molar-refractivity contribution < 1.29 is 4.42 Å². The largest absolute Gasteiger partial charge is 0.469 e. The molecule has 2 aromatic heterocycles. The van der Waals surface area contributed by atoms with Crippen LogP contribution in [0.1, 0.15) is 63.4 Å². The standard InChI is InChI=1S/C20H31N5O.HI/c1-3-16(2)23-20(21-12-10-19-9-6-14-26-19)22-15-17-11-13-25(24-17)18-7-4-5-8-18;/h6,9,11,13-14,16,18H,3-5,7-8,10,12,15H2,1-2H3,(H2,21,22,23);1H. The SMILES string of the molecule is CCC(C)NC(=NCc1ccn(C2CCCC2)n1)NCCc1ccco1.I. The van der Waals surface area contributed by atoms with Gasteiger partial charge in [-0.25, -0.2) is 4.99 Å². The Morgan fingerprint density at radius 3 is 2.89 bits per heavy atom. The van der Waals surface area contributed by atoms with E-state index in [-0.39, 0.29) is 24.0 Å². The Hall–Kier alpha value is -1.51. The second-order valence-corrected chi connectivity index (χ2v) is 7.10. The summed E-state index contributed by atoms with van der Waals surface area (Å²) in [6.45, 7) is 5.71. The molecule has 0 amide bonds. The topological polar surface area (TPSA) is 67.4 Å². The highest BCUT2D eigenvalue weighted by molar-refractivity contribution is 14.0. The summed E-state index contributed by atoms with van der Waals surface area (Å²) in [6.07, 6.45) is 10.8. The fourth-order valence-corrected chi connectivity index (χ4v) is 3.24. The lowest BCUT2D eigenvalue weighted by atomic mass is 10.3. The molecule has 0 bridgehead atoms. The van der Waals surface area contributed by atoms with Crippen molar-refractivity contribution in [3.63, 3.8) is 0 Å². The zero-order valence-corrected chi connectivity index (χ0v) is 18.7. The van der Waals surface area contributed by atoms with Gasteiger partial charge >= 0.3 is 0 Å². The summed E-state index contributed by atoms with van der Waals surface area (Å²) < 4.78 is 7.51. The van der Waals surface area contributed by atoms with Gasteiger partial charge in [0, 0.05) is 25.2 Å². The van der Waals surface area contributed by atoms with Crippen molar-refractivity contribution in [2.24, 2.45) is 4.99 Å². The van der Waals surface area contributed by atoms with Gasteiger partial charge in [0.1, 0.15) is 5.76 Å². The Bertz CT molecular complexity index is 676. The first-order chi connectivity index (χ1) is 12.7. The molecular weight excluding hydrogens is 453 g/mol. The molecule has 1 unspecified atom stereocenters. The molecule has 2 aromatic rings. The lowest BCUT2D eigenvalue weighted by Crippen LogP contribution is -2.42. The van der Waals surface area contributed by atoms with Gasteiger partial charge in [-0.2, -0.15) is 5.10 Å². The molecule has 2 N–H and O–H groups in total. The maximum atomic E-state index is 5.39. The van der Waals surface area contributed by atoms with Gasteiger partial charge in [0.15, 0.2) is 5.96 Å². The van der Waals surface area contributed by atoms with Crippen LogP contribution in [0.3, 0.4) is 0 Å². The molecule has 0 saturated heterocycles. The van der Waals surface area contributed by atoms with E-state index in [0.717, 1.165) is 36.8 Å². The quantitative estimate of drug-likeness (QED) is 0.333. The molecule has 6 nitrogen and oxygen atoms in total. The molecule has 150 valence electrons. The van der Waals surface area contributed by atoms with Crippen molar-refractivity contribution in [2.75, 3.05) is 6.54 Å². The van der Waals surface area contributed by atoms with Crippen LogP contribution in [0.2, 0.25) is 0 Å². The predicted molar refractivity (Wildman–Crippen MR) is 120 cm³/mol. The normalized spacial score (nSPS) is 16.1. The van der Waals surface area contributed by atoms with Crippen LogP contribution in [-0.2, 0) is 13.0 Å². The highest BCUT2D eigenvalue weighted by Gasteiger charge is 2.17. The van der Waals surface area contributed by atoms with E-state index >= 15 is 0 Å². The zero-order valence-electron chi connectivity index (χ0n) is 16.4. The van der Waals surface area contributed by atoms with Gasteiger partial charge in [-0.1, -0.05) is 19.8 Å². The third kappa shape index (κ3) is 6.86. The van der Waals surface area contributed by atoms with Gasteiger partial charge in [0.25, 0.3) is 0 Å². The van der Waals surface area contributed by atoms with Crippen molar-refractivity contribution in [2.45, 2.75) is 71.0 Å². The molecule has 1 aliphatic rings. The van der Waals surface area contributed by atoms with Crippen LogP contribution in [0.15, 0.2) is 40.1 Å². The van der Waals surface area contributed by atoms with E-state index in [1.165, 1.54) is 25.7 Å². The number of furan rings is 1. The highest BCUT2D eigenvalue weighted by Crippen LogP contribution is 2.28. The van der Waals surface area contributed by atoms with Gasteiger partial charge in [-0.3, -0.25) is 4.68 Å². The Labute approximate surface area is 179 Å². The number of guanidine groups is 1. The van der Waals surface area contributed by atoms with E-state index in [1.54, 1.807) is 6.26 Å². The van der Waals surface area contributed by atoms with Crippen molar-refractivity contribution in [3.05, 3.63) is 42.1 Å². The minimum atomic E-state index is 0. The first-order valence-electron chi connectivity index (χ1n) is 9.86. The molecule has 0 spiro atoms. The van der Waals surface area contributed by atoms with Crippen LogP contribution in [0.5, 0.6) is 0 Å². The fourth-order valence-electron chi connectivity index (χ4n) is 3.24. The predicted octanol–water partition coefficient (Wildman–Crippen LogP) is 4.29. The molecule has 0 aromatic carbocycles. The molecule has 1 atom stereocenters. The van der Waals surface area contributed by atoms with Gasteiger partial charge in [0.05, 0.1) is 24.5 Å². The van der Waals surface area contributed by atoms with E-state index < -0.39 is 0 Å². The van der Waals surface area contributed by atoms with Gasteiger partial charge < -0.3 is 15.1 Å². The summed E-state index contributed by atoms with van der Waals surface area (Å²) >= 11 is 0. The first kappa shape index (κ1) is 21.8. The van der Waals surface area contributed by atoms with Crippen LogP contribution in [0.4, 0.5) is 0 Å². The van der Waals surface area contributed by atoms with E-state index in [4.69, 9.17) is 14.5 Å². The van der Waals surface area contributed by atoms with Crippen molar-refractivity contribution >= 4 is 29.9 Å². The number of rotatable bonds is 8. The van der Waals surface area contributed by atoms with Crippen LogP contribution in [0.25, 0.3) is 0 Å². The number of nitrogens with zero attached hydrogens (tertiary/aromatic N) is 3. The summed E-state index contributed by atoms with van der Waals surface area (Å²) in [7, 11) is 0. The molecule has 27 heavy (non-hydrogen) atoms. The van der Waals surface area contributed by atoms with E-state index in [9.17, 15) is 0 Å². The molecule has 1 aliphatic carbocycles. The number of nitrogens with one attached hydrogen (secondary N) is 2. The fraction of sp³-hybridized carbons (Fsp3) is 0.600. The van der Waals surface area contributed by atoms with Gasteiger partial charge in [0.2, 0.25) is 0 Å². The molecule has 1 fully saturated rings. The second kappa shape index (κ2) is 11.4. The number of aliphatic imine (C=N–C) groups is 1. The minimum absolute atomic E-state index is 0. The Kier molecular flexibility index (Phi) is 9.17. The molecule has 1 saturated carbocycles. The van der Waals surface area contributed by atoms with Crippen LogP contribution < -0.4 is 10.6 Å². The summed E-state index contributed by atoms with van der Waals surface area (Å²) in [5.41, 5.74) is 1.02. The average molecular weight is 485 g/mol. The molecular formula is C20H32IN5O. The van der Waals surface area contributed by atoms with Crippen molar-refractivity contribution in [1.29, 1.82) is 0 Å². The van der Waals surface area contributed by atoms with E-state index in [0.29, 0.717) is 18.6 Å². The lowest BCUT2D eigenvalue weighted by Gasteiger charge is -2.16. The molecule has 0 radical (unpaired) electrons. The van der Waals surface area contributed by atoms with Crippen LogP contribution in [-0.4, -0.2) is 28.3 Å². The monoisotopic (exact) mass is 485 g/mol.